The fourth-order valence-corrected chi connectivity index (χ4v) is 3.77. The molecular weight excluding hydrogens is 232 g/mol. The summed E-state index contributed by atoms with van der Waals surface area (Å²) >= 11 is 0. The van der Waals surface area contributed by atoms with Crippen molar-refractivity contribution < 1.29 is 0 Å². The zero-order valence-electron chi connectivity index (χ0n) is 12.2. The second-order valence-electron chi connectivity index (χ2n) is 6.50. The molecule has 2 aliphatic heterocycles. The van der Waals surface area contributed by atoms with E-state index < -0.39 is 0 Å². The highest BCUT2D eigenvalue weighted by molar-refractivity contribution is 5.30. The lowest BCUT2D eigenvalue weighted by Crippen LogP contribution is -2.47. The quantitative estimate of drug-likeness (QED) is 0.897. The van der Waals surface area contributed by atoms with E-state index in [-0.39, 0.29) is 0 Å². The Labute approximate surface area is 117 Å². The molecule has 2 heteroatoms. The first-order chi connectivity index (χ1) is 9.24. The van der Waals surface area contributed by atoms with Gasteiger partial charge in [-0.25, -0.2) is 0 Å². The van der Waals surface area contributed by atoms with Gasteiger partial charge in [-0.3, -0.25) is 4.90 Å². The highest BCUT2D eigenvalue weighted by Gasteiger charge is 2.29. The van der Waals surface area contributed by atoms with E-state index in [1.165, 1.54) is 37.9 Å². The van der Waals surface area contributed by atoms with Crippen molar-refractivity contribution in [2.24, 2.45) is 5.92 Å². The van der Waals surface area contributed by atoms with Crippen molar-refractivity contribution in [2.75, 3.05) is 13.1 Å². The van der Waals surface area contributed by atoms with Gasteiger partial charge in [0.25, 0.3) is 0 Å². The summed E-state index contributed by atoms with van der Waals surface area (Å²) in [5, 5.41) is 3.72. The molecule has 0 spiro atoms. The van der Waals surface area contributed by atoms with Crippen molar-refractivity contribution in [2.45, 2.75) is 51.7 Å². The molecule has 0 radical (unpaired) electrons. The van der Waals surface area contributed by atoms with E-state index in [0.717, 1.165) is 18.5 Å². The molecule has 2 heterocycles. The lowest BCUT2D eigenvalue weighted by Gasteiger charge is -2.34. The first-order valence-electron chi connectivity index (χ1n) is 7.78. The van der Waals surface area contributed by atoms with Gasteiger partial charge in [0.2, 0.25) is 0 Å². The number of nitrogens with zero attached hydrogens (tertiary/aromatic N) is 1. The van der Waals surface area contributed by atoms with Crippen molar-refractivity contribution >= 4 is 0 Å². The first kappa shape index (κ1) is 13.1. The molecule has 1 fully saturated rings. The van der Waals surface area contributed by atoms with Crippen LogP contribution in [0.2, 0.25) is 0 Å². The van der Waals surface area contributed by atoms with Gasteiger partial charge in [0.05, 0.1) is 0 Å². The van der Waals surface area contributed by atoms with E-state index in [2.05, 4.69) is 48.3 Å². The third kappa shape index (κ3) is 2.85. The molecule has 104 valence electrons. The highest BCUT2D eigenvalue weighted by atomic mass is 15.2. The number of rotatable bonds is 3. The number of hydrogen-bond donors (Lipinski definition) is 1. The Kier molecular flexibility index (Phi) is 3.90. The Hall–Kier alpha value is -0.860. The van der Waals surface area contributed by atoms with Gasteiger partial charge in [-0.1, -0.05) is 38.1 Å². The minimum atomic E-state index is 0.634. The van der Waals surface area contributed by atoms with Crippen LogP contribution in [0, 0.1) is 5.92 Å². The Morgan fingerprint density at radius 2 is 2.05 bits per heavy atom. The zero-order valence-corrected chi connectivity index (χ0v) is 12.2. The molecule has 2 nitrogen and oxygen atoms in total. The second-order valence-corrected chi connectivity index (χ2v) is 6.50. The predicted octanol–water partition coefficient (Wildman–Crippen LogP) is 2.82. The molecule has 1 aromatic carbocycles. The molecule has 2 aliphatic rings. The van der Waals surface area contributed by atoms with Crippen LogP contribution in [0.1, 0.15) is 37.8 Å². The molecule has 0 aliphatic carbocycles. The topological polar surface area (TPSA) is 15.3 Å². The maximum atomic E-state index is 3.72. The Bertz CT molecular complexity index is 427. The van der Waals surface area contributed by atoms with Crippen LogP contribution in [0.15, 0.2) is 24.3 Å². The summed E-state index contributed by atoms with van der Waals surface area (Å²) in [6.07, 6.45) is 3.96. The van der Waals surface area contributed by atoms with Crippen LogP contribution in [0.4, 0.5) is 0 Å². The van der Waals surface area contributed by atoms with Gasteiger partial charge in [0, 0.05) is 25.2 Å². The third-order valence-electron chi connectivity index (χ3n) is 4.80. The summed E-state index contributed by atoms with van der Waals surface area (Å²) in [6.45, 7) is 8.29. The maximum absolute atomic E-state index is 3.72. The molecule has 19 heavy (non-hydrogen) atoms. The molecule has 0 amide bonds. The predicted molar refractivity (Wildman–Crippen MR) is 80.2 cm³/mol. The first-order valence-corrected chi connectivity index (χ1v) is 7.78. The van der Waals surface area contributed by atoms with Gasteiger partial charge in [0.1, 0.15) is 0 Å². The second kappa shape index (κ2) is 5.64. The van der Waals surface area contributed by atoms with Crippen LogP contribution >= 0.6 is 0 Å². The standard InChI is InChI=1S/C17H26N2/c1-13(2)17-8-5-9-19(17)12-16-10-14-6-3-4-7-15(14)11-18-16/h3-4,6-7,13,16-18H,5,8-12H2,1-2H3. The molecule has 0 bridgehead atoms. The number of benzene rings is 1. The monoisotopic (exact) mass is 258 g/mol. The van der Waals surface area contributed by atoms with Gasteiger partial charge in [-0.05, 0) is 42.9 Å². The van der Waals surface area contributed by atoms with Crippen molar-refractivity contribution in [3.05, 3.63) is 35.4 Å². The summed E-state index contributed by atoms with van der Waals surface area (Å²) in [4.78, 5) is 2.72. The average molecular weight is 258 g/mol. The molecule has 0 aromatic heterocycles. The average Bonchev–Trinajstić information content (AvgIpc) is 2.87. The van der Waals surface area contributed by atoms with E-state index in [1.807, 2.05) is 0 Å². The highest BCUT2D eigenvalue weighted by Crippen LogP contribution is 2.25. The molecule has 1 saturated heterocycles. The molecular formula is C17H26N2. The summed E-state index contributed by atoms with van der Waals surface area (Å²) in [5.74, 6) is 0.790. The fourth-order valence-electron chi connectivity index (χ4n) is 3.77. The van der Waals surface area contributed by atoms with E-state index >= 15 is 0 Å². The van der Waals surface area contributed by atoms with E-state index in [9.17, 15) is 0 Å². The maximum Gasteiger partial charge on any atom is 0.0238 e. The Morgan fingerprint density at radius 3 is 2.84 bits per heavy atom. The normalized spacial score (nSPS) is 27.7. The molecule has 2 atom stereocenters. The number of likely N-dealkylation sites (tertiary alicyclic amines) is 1. The number of nitrogens with one attached hydrogen (secondary N) is 1. The molecule has 0 saturated carbocycles. The van der Waals surface area contributed by atoms with Crippen LogP contribution in [0.5, 0.6) is 0 Å². The number of hydrogen-bond acceptors (Lipinski definition) is 2. The third-order valence-corrected chi connectivity index (χ3v) is 4.80. The smallest absolute Gasteiger partial charge is 0.0238 e. The van der Waals surface area contributed by atoms with Gasteiger partial charge in [0.15, 0.2) is 0 Å². The lowest BCUT2D eigenvalue weighted by molar-refractivity contribution is 0.183. The van der Waals surface area contributed by atoms with Gasteiger partial charge < -0.3 is 5.32 Å². The SMILES string of the molecule is CC(C)C1CCCN1CC1Cc2ccccc2CN1. The Morgan fingerprint density at radius 1 is 1.26 bits per heavy atom. The molecule has 3 rings (SSSR count). The molecule has 1 aromatic rings. The van der Waals surface area contributed by atoms with Crippen molar-refractivity contribution in [1.29, 1.82) is 0 Å². The van der Waals surface area contributed by atoms with Gasteiger partial charge in [-0.15, -0.1) is 0 Å². The van der Waals surface area contributed by atoms with Gasteiger partial charge in [-0.2, -0.15) is 0 Å². The van der Waals surface area contributed by atoms with Crippen LogP contribution in [0.25, 0.3) is 0 Å². The summed E-state index contributed by atoms with van der Waals surface area (Å²) in [6, 6.07) is 10.3. The number of fused-ring (bicyclic) bond motifs is 1. The molecule has 1 N–H and O–H groups in total. The van der Waals surface area contributed by atoms with E-state index in [4.69, 9.17) is 0 Å². The Balaban J connectivity index is 1.63. The van der Waals surface area contributed by atoms with Crippen molar-refractivity contribution in [3.63, 3.8) is 0 Å². The molecule has 2 unspecified atom stereocenters. The van der Waals surface area contributed by atoms with Crippen LogP contribution in [-0.2, 0) is 13.0 Å². The fraction of sp³-hybridized carbons (Fsp3) is 0.647. The minimum Gasteiger partial charge on any atom is -0.308 e. The summed E-state index contributed by atoms with van der Waals surface area (Å²) < 4.78 is 0. The largest absolute Gasteiger partial charge is 0.308 e. The van der Waals surface area contributed by atoms with Gasteiger partial charge >= 0.3 is 0 Å². The summed E-state index contributed by atoms with van der Waals surface area (Å²) in [7, 11) is 0. The van der Waals surface area contributed by atoms with Crippen LogP contribution in [-0.4, -0.2) is 30.1 Å². The van der Waals surface area contributed by atoms with E-state index in [0.29, 0.717) is 6.04 Å². The van der Waals surface area contributed by atoms with Crippen LogP contribution in [0.3, 0.4) is 0 Å². The van der Waals surface area contributed by atoms with Crippen molar-refractivity contribution in [1.82, 2.24) is 10.2 Å². The van der Waals surface area contributed by atoms with Crippen molar-refractivity contribution in [3.8, 4) is 0 Å². The summed E-state index contributed by atoms with van der Waals surface area (Å²) in [5.41, 5.74) is 3.03. The van der Waals surface area contributed by atoms with E-state index in [1.54, 1.807) is 5.56 Å². The zero-order chi connectivity index (χ0) is 13.2. The minimum absolute atomic E-state index is 0.634. The lowest BCUT2D eigenvalue weighted by atomic mass is 9.95. The van der Waals surface area contributed by atoms with Crippen LogP contribution < -0.4 is 5.32 Å².